The largest absolute Gasteiger partial charge is 0.460 e. The number of ether oxygens (including phenoxy) is 9. The molecule has 0 aliphatic carbocycles. The van der Waals surface area contributed by atoms with E-state index in [9.17, 15) is 28.8 Å². The topological polar surface area (TPSA) is 222 Å². The van der Waals surface area contributed by atoms with Crippen molar-refractivity contribution in [2.75, 3.05) is 26.2 Å². The van der Waals surface area contributed by atoms with E-state index in [1.54, 1.807) is 92.7 Å². The van der Waals surface area contributed by atoms with Gasteiger partial charge in [-0.25, -0.2) is 14.4 Å². The molecule has 3 amide bonds. The van der Waals surface area contributed by atoms with Crippen LogP contribution in [0.25, 0.3) is 0 Å². The molecule has 18 heteroatoms. The molecule has 3 aromatic rings. The van der Waals surface area contributed by atoms with E-state index in [1.165, 1.54) is 0 Å². The van der Waals surface area contributed by atoms with Gasteiger partial charge in [0.25, 0.3) is 0 Å². The molecule has 2 heterocycles. The van der Waals surface area contributed by atoms with Crippen molar-refractivity contribution in [1.82, 2.24) is 16.0 Å². The fraction of sp³-hybridized carbons (Fsp3) is 0.385. The summed E-state index contributed by atoms with van der Waals surface area (Å²) in [5.74, 6) is -4.07. The lowest BCUT2D eigenvalue weighted by atomic mass is 10.1. The van der Waals surface area contributed by atoms with Crippen molar-refractivity contribution in [1.29, 1.82) is 0 Å². The molecule has 5 atom stereocenters. The number of hydrogen-bond donors (Lipinski definition) is 3. The highest BCUT2D eigenvalue weighted by molar-refractivity contribution is 5.79. The van der Waals surface area contributed by atoms with E-state index < -0.39 is 98.9 Å². The maximum absolute atomic E-state index is 13.1. The van der Waals surface area contributed by atoms with Crippen molar-refractivity contribution < 1.29 is 71.4 Å². The van der Waals surface area contributed by atoms with Crippen molar-refractivity contribution in [2.24, 2.45) is 0 Å². The smallest absolute Gasteiger partial charge is 0.407 e. The molecule has 18 nitrogen and oxygen atoms in total. The molecule has 5 rings (SSSR count). The summed E-state index contributed by atoms with van der Waals surface area (Å²) in [6, 6.07) is 26.6. The van der Waals surface area contributed by atoms with Gasteiger partial charge in [0.2, 0.25) is 0 Å². The maximum Gasteiger partial charge on any atom is 0.407 e. The van der Waals surface area contributed by atoms with Crippen LogP contribution in [0.5, 0.6) is 0 Å². The summed E-state index contributed by atoms with van der Waals surface area (Å²) < 4.78 is 49.8. The second kappa shape index (κ2) is 20.6. The molecular formula is C39H43N3O15. The lowest BCUT2D eigenvalue weighted by molar-refractivity contribution is -0.234. The molecule has 0 spiro atoms. The van der Waals surface area contributed by atoms with Gasteiger partial charge >= 0.3 is 36.2 Å². The zero-order valence-corrected chi connectivity index (χ0v) is 31.1. The Morgan fingerprint density at radius 1 is 0.596 bits per heavy atom. The Hall–Kier alpha value is -6.24. The summed E-state index contributed by atoms with van der Waals surface area (Å²) in [4.78, 5) is 75.7. The number of rotatable bonds is 17. The Morgan fingerprint density at radius 3 is 1.51 bits per heavy atom. The van der Waals surface area contributed by atoms with Crippen molar-refractivity contribution in [3.63, 3.8) is 0 Å². The summed E-state index contributed by atoms with van der Waals surface area (Å²) in [6.45, 7) is 0.473. The molecule has 0 bridgehead atoms. The first kappa shape index (κ1) is 41.9. The molecule has 57 heavy (non-hydrogen) atoms. The summed E-state index contributed by atoms with van der Waals surface area (Å²) in [7, 11) is 0. The van der Waals surface area contributed by atoms with Crippen molar-refractivity contribution in [2.45, 2.75) is 70.2 Å². The van der Waals surface area contributed by atoms with Crippen LogP contribution in [-0.2, 0) is 76.8 Å². The summed E-state index contributed by atoms with van der Waals surface area (Å²) >= 11 is 0. The minimum Gasteiger partial charge on any atom is -0.460 e. The van der Waals surface area contributed by atoms with E-state index in [-0.39, 0.29) is 19.8 Å². The third-order valence-corrected chi connectivity index (χ3v) is 8.12. The van der Waals surface area contributed by atoms with Gasteiger partial charge in [0.05, 0.1) is 0 Å². The Morgan fingerprint density at radius 2 is 1.04 bits per heavy atom. The number of amides is 3. The average Bonchev–Trinajstić information content (AvgIpc) is 3.69. The highest BCUT2D eigenvalue weighted by atomic mass is 16.8. The molecule has 3 unspecified atom stereocenters. The van der Waals surface area contributed by atoms with Gasteiger partial charge in [0.15, 0.2) is 30.4 Å². The molecule has 3 N–H and O–H groups in total. The minimum atomic E-state index is -1.49. The van der Waals surface area contributed by atoms with Crippen molar-refractivity contribution in [3.05, 3.63) is 108 Å². The number of nitrogens with one attached hydrogen (secondary N) is 3. The third-order valence-electron chi connectivity index (χ3n) is 8.12. The van der Waals surface area contributed by atoms with Gasteiger partial charge in [-0.1, -0.05) is 91.0 Å². The van der Waals surface area contributed by atoms with Crippen LogP contribution in [0.4, 0.5) is 14.4 Å². The summed E-state index contributed by atoms with van der Waals surface area (Å²) in [5, 5.41) is 6.86. The normalized spacial score (nSPS) is 19.5. The van der Waals surface area contributed by atoms with Gasteiger partial charge in [-0.15, -0.1) is 0 Å². The van der Waals surface area contributed by atoms with Crippen LogP contribution < -0.4 is 16.0 Å². The molecule has 0 aromatic heterocycles. The zero-order chi connectivity index (χ0) is 40.6. The lowest BCUT2D eigenvalue weighted by Gasteiger charge is -2.30. The molecule has 0 radical (unpaired) electrons. The lowest BCUT2D eigenvalue weighted by Crippen LogP contribution is -2.49. The first-order valence-electron chi connectivity index (χ1n) is 17.8. The van der Waals surface area contributed by atoms with Crippen LogP contribution in [0, 0.1) is 0 Å². The fourth-order valence-electron chi connectivity index (χ4n) is 5.52. The highest BCUT2D eigenvalue weighted by Crippen LogP contribution is 2.40. The Bertz CT molecular complexity index is 1810. The van der Waals surface area contributed by atoms with E-state index in [0.29, 0.717) is 5.56 Å². The van der Waals surface area contributed by atoms with Crippen LogP contribution in [0.15, 0.2) is 91.0 Å². The number of alkyl carbamates (subject to hydrolysis) is 3. The Balaban J connectivity index is 1.20. The van der Waals surface area contributed by atoms with E-state index in [1.807, 2.05) is 12.1 Å². The number of fused-ring (bicyclic) bond motifs is 1. The Labute approximate surface area is 327 Å². The van der Waals surface area contributed by atoms with Crippen molar-refractivity contribution >= 4 is 36.2 Å². The van der Waals surface area contributed by atoms with Gasteiger partial charge < -0.3 is 58.6 Å². The average molecular weight is 794 g/mol. The third kappa shape index (κ3) is 13.8. The first-order valence-corrected chi connectivity index (χ1v) is 17.8. The number of carbonyl (C=O) groups excluding carboxylic acids is 6. The summed E-state index contributed by atoms with van der Waals surface area (Å²) in [6.07, 6.45) is -9.07. The second-order valence-corrected chi connectivity index (χ2v) is 13.0. The predicted octanol–water partition coefficient (Wildman–Crippen LogP) is 3.01. The molecule has 2 fully saturated rings. The molecule has 2 aliphatic rings. The highest BCUT2D eigenvalue weighted by Gasteiger charge is 2.59. The van der Waals surface area contributed by atoms with E-state index in [2.05, 4.69) is 16.0 Å². The monoisotopic (exact) mass is 793 g/mol. The SMILES string of the molecule is CC1(C)OC2O[C@H](C(COC(=O)CNC(=O)OCc3ccccc3)OC(=O)CNC(=O)OCc3ccccc3)C(OC(=O)CNC(=O)OCc3ccccc3)[C@@H]2O1. The van der Waals surface area contributed by atoms with Gasteiger partial charge in [-0.2, -0.15) is 0 Å². The summed E-state index contributed by atoms with van der Waals surface area (Å²) in [5.41, 5.74) is 2.17. The quantitative estimate of drug-likeness (QED) is 0.132. The molecule has 0 saturated carbocycles. The van der Waals surface area contributed by atoms with Gasteiger partial charge in [-0.05, 0) is 30.5 Å². The van der Waals surface area contributed by atoms with E-state index in [4.69, 9.17) is 42.6 Å². The van der Waals surface area contributed by atoms with E-state index in [0.717, 1.165) is 11.1 Å². The standard InChI is InChI=1S/C39H43N3O15/c1-39(2)56-34-33(54-31(45)20-42-38(48)52-23-27-16-10-5-11-17-27)32(55-35(34)57-39)28(53-30(44)19-41-37(47)51-22-26-14-8-4-9-15-26)24-49-29(43)18-40-36(46)50-21-25-12-6-3-7-13-25/h3-17,28,32-35H,18-24H2,1-2H3,(H,40,46)(H,41,47)(H,42,48)/t28?,32-,33?,34+,35?/m1/s1. The fourth-order valence-corrected chi connectivity index (χ4v) is 5.52. The zero-order valence-electron chi connectivity index (χ0n) is 31.1. The molecular weight excluding hydrogens is 750 g/mol. The predicted molar refractivity (Wildman–Crippen MR) is 193 cm³/mol. The second-order valence-electron chi connectivity index (χ2n) is 13.0. The van der Waals surface area contributed by atoms with Crippen LogP contribution in [0.1, 0.15) is 30.5 Å². The number of esters is 3. The van der Waals surface area contributed by atoms with Crippen LogP contribution in [0.2, 0.25) is 0 Å². The van der Waals surface area contributed by atoms with Gasteiger partial charge in [-0.3, -0.25) is 14.4 Å². The maximum atomic E-state index is 13.1. The molecule has 2 aliphatic heterocycles. The van der Waals surface area contributed by atoms with Gasteiger partial charge in [0, 0.05) is 0 Å². The molecule has 304 valence electrons. The number of carbonyl (C=O) groups is 6. The first-order chi connectivity index (χ1) is 27.4. The molecule has 3 aromatic carbocycles. The number of hydrogen-bond acceptors (Lipinski definition) is 15. The van der Waals surface area contributed by atoms with E-state index >= 15 is 0 Å². The van der Waals surface area contributed by atoms with Crippen molar-refractivity contribution in [3.8, 4) is 0 Å². The van der Waals surface area contributed by atoms with Crippen LogP contribution in [-0.4, -0.2) is 98.9 Å². The van der Waals surface area contributed by atoms with Crippen LogP contribution in [0.3, 0.4) is 0 Å². The van der Waals surface area contributed by atoms with Gasteiger partial charge in [0.1, 0.15) is 52.2 Å². The minimum absolute atomic E-state index is 0.0413. The van der Waals surface area contributed by atoms with Crippen LogP contribution >= 0.6 is 0 Å². The molecule has 2 saturated heterocycles. The number of benzene rings is 3. The Kier molecular flexibility index (Phi) is 15.2.